The van der Waals surface area contributed by atoms with E-state index in [1.807, 2.05) is 29.2 Å². The molecule has 2 heterocycles. The largest absolute Gasteiger partial charge is 0.353 e. The van der Waals surface area contributed by atoms with Crippen molar-refractivity contribution in [3.8, 4) is 0 Å². The second kappa shape index (κ2) is 9.36. The van der Waals surface area contributed by atoms with Crippen LogP contribution in [0.4, 0.5) is 5.82 Å². The molecule has 0 bridgehead atoms. The third-order valence-electron chi connectivity index (χ3n) is 7.19. The average molecular weight is 454 g/mol. The van der Waals surface area contributed by atoms with E-state index < -0.39 is 0 Å². The summed E-state index contributed by atoms with van der Waals surface area (Å²) in [5, 5.41) is 4.24. The minimum absolute atomic E-state index is 0.180. The fraction of sp³-hybridized carbons (Fsp3) is 0.560. The van der Waals surface area contributed by atoms with Crippen LogP contribution in [-0.2, 0) is 11.2 Å². The molecule has 1 N–H and O–H groups in total. The molecule has 1 aromatic carbocycles. The van der Waals surface area contributed by atoms with Gasteiger partial charge in [-0.15, -0.1) is 0 Å². The maximum absolute atomic E-state index is 13.6. The van der Waals surface area contributed by atoms with Crippen LogP contribution in [0.1, 0.15) is 54.8 Å². The van der Waals surface area contributed by atoms with Gasteiger partial charge in [0.05, 0.1) is 5.92 Å². The van der Waals surface area contributed by atoms with E-state index >= 15 is 0 Å². The molecule has 2 fully saturated rings. The number of rotatable bonds is 7. The number of nitrogens with zero attached hydrogens (tertiary/aromatic N) is 4. The number of aromatic nitrogens is 2. The quantitative estimate of drug-likeness (QED) is 0.693. The van der Waals surface area contributed by atoms with Gasteiger partial charge in [0.1, 0.15) is 12.1 Å². The van der Waals surface area contributed by atoms with Gasteiger partial charge in [-0.3, -0.25) is 4.79 Å². The zero-order valence-corrected chi connectivity index (χ0v) is 19.5. The molecule has 6 nitrogen and oxygen atoms in total. The second-order valence-electron chi connectivity index (χ2n) is 9.52. The lowest BCUT2D eigenvalue weighted by Gasteiger charge is -2.38. The molecule has 1 aromatic heterocycles. The van der Waals surface area contributed by atoms with Crippen molar-refractivity contribution < 1.29 is 4.79 Å². The number of piperazine rings is 1. The molecule has 7 heteroatoms. The Kier molecular flexibility index (Phi) is 6.33. The molecular weight excluding hydrogens is 422 g/mol. The predicted molar refractivity (Wildman–Crippen MR) is 127 cm³/mol. The Morgan fingerprint density at radius 3 is 2.59 bits per heavy atom. The van der Waals surface area contributed by atoms with Crippen LogP contribution in [0, 0.1) is 5.92 Å². The fourth-order valence-electron chi connectivity index (χ4n) is 5.03. The van der Waals surface area contributed by atoms with Gasteiger partial charge in [-0.2, -0.15) is 0 Å². The van der Waals surface area contributed by atoms with Gasteiger partial charge < -0.3 is 15.1 Å². The van der Waals surface area contributed by atoms with Gasteiger partial charge in [-0.1, -0.05) is 30.7 Å². The number of nitrogens with one attached hydrogen (secondary N) is 1. The average Bonchev–Trinajstić information content (AvgIpc) is 3.57. The minimum atomic E-state index is -0.180. The highest BCUT2D eigenvalue weighted by atomic mass is 35.5. The maximum Gasteiger partial charge on any atom is 0.231 e. The van der Waals surface area contributed by atoms with Gasteiger partial charge in [0.25, 0.3) is 0 Å². The van der Waals surface area contributed by atoms with Crippen LogP contribution in [-0.4, -0.2) is 60.0 Å². The number of halogens is 1. The van der Waals surface area contributed by atoms with Crippen molar-refractivity contribution in [3.05, 3.63) is 52.4 Å². The summed E-state index contributed by atoms with van der Waals surface area (Å²) in [5.74, 6) is 2.40. The molecule has 1 aliphatic heterocycles. The first kappa shape index (κ1) is 21.7. The molecule has 32 heavy (non-hydrogen) atoms. The van der Waals surface area contributed by atoms with Crippen molar-refractivity contribution in [1.29, 1.82) is 0 Å². The zero-order valence-electron chi connectivity index (χ0n) is 18.8. The molecule has 2 aliphatic carbocycles. The smallest absolute Gasteiger partial charge is 0.231 e. The monoisotopic (exact) mass is 453 g/mol. The van der Waals surface area contributed by atoms with Crippen molar-refractivity contribution in [2.45, 2.75) is 44.4 Å². The summed E-state index contributed by atoms with van der Waals surface area (Å²) in [6.07, 6.45) is 6.50. The number of benzene rings is 1. The van der Waals surface area contributed by atoms with Crippen LogP contribution in [0.2, 0.25) is 5.02 Å². The molecule has 1 saturated carbocycles. The molecule has 0 spiro atoms. The highest BCUT2D eigenvalue weighted by molar-refractivity contribution is 6.30. The van der Waals surface area contributed by atoms with Gasteiger partial charge in [0, 0.05) is 49.0 Å². The van der Waals surface area contributed by atoms with E-state index in [2.05, 4.69) is 27.1 Å². The topological polar surface area (TPSA) is 61.4 Å². The Morgan fingerprint density at radius 2 is 1.88 bits per heavy atom. The van der Waals surface area contributed by atoms with Gasteiger partial charge in [-0.25, -0.2) is 9.97 Å². The van der Waals surface area contributed by atoms with Gasteiger partial charge in [0.2, 0.25) is 5.91 Å². The highest BCUT2D eigenvalue weighted by Crippen LogP contribution is 2.37. The van der Waals surface area contributed by atoms with Gasteiger partial charge >= 0.3 is 0 Å². The summed E-state index contributed by atoms with van der Waals surface area (Å²) in [6.45, 7) is 7.01. The van der Waals surface area contributed by atoms with E-state index in [1.54, 1.807) is 6.33 Å². The predicted octanol–water partition coefficient (Wildman–Crippen LogP) is 3.61. The van der Waals surface area contributed by atoms with E-state index in [0.29, 0.717) is 17.5 Å². The first-order valence-corrected chi connectivity index (χ1v) is 12.3. The second-order valence-corrected chi connectivity index (χ2v) is 9.95. The summed E-state index contributed by atoms with van der Waals surface area (Å²) in [6, 6.07) is 7.75. The lowest BCUT2D eigenvalue weighted by Crippen LogP contribution is -2.51. The molecule has 0 radical (unpaired) electrons. The molecule has 2 aromatic rings. The minimum Gasteiger partial charge on any atom is -0.353 e. The van der Waals surface area contributed by atoms with Crippen LogP contribution in [0.5, 0.6) is 0 Å². The van der Waals surface area contributed by atoms with Crippen molar-refractivity contribution in [2.24, 2.45) is 5.92 Å². The van der Waals surface area contributed by atoms with E-state index in [1.165, 1.54) is 24.1 Å². The summed E-state index contributed by atoms with van der Waals surface area (Å²) in [7, 11) is 0. The maximum atomic E-state index is 13.6. The first-order chi connectivity index (χ1) is 15.6. The van der Waals surface area contributed by atoms with E-state index in [9.17, 15) is 4.79 Å². The number of hydrogen-bond acceptors (Lipinski definition) is 5. The lowest BCUT2D eigenvalue weighted by atomic mass is 9.97. The van der Waals surface area contributed by atoms with E-state index in [-0.39, 0.29) is 11.8 Å². The van der Waals surface area contributed by atoms with E-state index in [0.717, 1.165) is 62.9 Å². The van der Waals surface area contributed by atoms with Crippen molar-refractivity contribution in [1.82, 2.24) is 20.2 Å². The number of fused-ring (bicyclic) bond motifs is 1. The number of hydrogen-bond donors (Lipinski definition) is 1. The summed E-state index contributed by atoms with van der Waals surface area (Å²) in [5.41, 5.74) is 3.55. The summed E-state index contributed by atoms with van der Waals surface area (Å²) in [4.78, 5) is 27.1. The summed E-state index contributed by atoms with van der Waals surface area (Å²) >= 11 is 6.10. The number of aryl methyl sites for hydroxylation is 1. The number of anilines is 1. The van der Waals surface area contributed by atoms with Gasteiger partial charge in [0.15, 0.2) is 0 Å². The first-order valence-electron chi connectivity index (χ1n) is 11.9. The summed E-state index contributed by atoms with van der Waals surface area (Å²) < 4.78 is 0. The Hall–Kier alpha value is -2.18. The highest BCUT2D eigenvalue weighted by Gasteiger charge is 2.32. The Labute approximate surface area is 195 Å². The fourth-order valence-corrected chi connectivity index (χ4v) is 5.16. The van der Waals surface area contributed by atoms with Crippen LogP contribution in [0.25, 0.3) is 0 Å². The third kappa shape index (κ3) is 4.62. The van der Waals surface area contributed by atoms with Crippen molar-refractivity contribution >= 4 is 23.3 Å². The Morgan fingerprint density at radius 1 is 1.12 bits per heavy atom. The number of carbonyl (C=O) groups excluding carboxylic acids is 1. The molecule has 2 atom stereocenters. The normalized spacial score (nSPS) is 21.5. The van der Waals surface area contributed by atoms with Gasteiger partial charge in [-0.05, 0) is 61.8 Å². The SMILES string of the molecule is C[C@@H]1CCc2ncnc(N3CCN(C(=O)[C@H](CNCC4CC4)c4ccc(Cl)cc4)CC3)c21. The molecule has 170 valence electrons. The molecular formula is C25H32ClN5O. The van der Waals surface area contributed by atoms with E-state index in [4.69, 9.17) is 11.6 Å². The van der Waals surface area contributed by atoms with Crippen LogP contribution < -0.4 is 10.2 Å². The Balaban J connectivity index is 1.26. The molecule has 1 amide bonds. The standard InChI is InChI=1S/C25H32ClN5O/c1-17-2-9-22-23(17)24(29-16-28-22)30-10-12-31(13-11-30)25(32)21(15-27-14-18-3-4-18)19-5-7-20(26)8-6-19/h5-8,16-18,21,27H,2-4,9-15H2,1H3/t17-,21-/m1/s1. The van der Waals surface area contributed by atoms with Crippen LogP contribution >= 0.6 is 11.6 Å². The third-order valence-corrected chi connectivity index (χ3v) is 7.44. The number of carbonyl (C=O) groups is 1. The number of amides is 1. The zero-order chi connectivity index (χ0) is 22.1. The van der Waals surface area contributed by atoms with Crippen molar-refractivity contribution in [2.75, 3.05) is 44.2 Å². The Bertz CT molecular complexity index is 953. The molecule has 1 saturated heterocycles. The van der Waals surface area contributed by atoms with Crippen LogP contribution in [0.15, 0.2) is 30.6 Å². The van der Waals surface area contributed by atoms with Crippen LogP contribution in [0.3, 0.4) is 0 Å². The van der Waals surface area contributed by atoms with Crippen molar-refractivity contribution in [3.63, 3.8) is 0 Å². The molecule has 5 rings (SSSR count). The lowest BCUT2D eigenvalue weighted by molar-refractivity contribution is -0.133. The molecule has 3 aliphatic rings. The molecule has 0 unspecified atom stereocenters.